The van der Waals surface area contributed by atoms with Gasteiger partial charge < -0.3 is 15.4 Å². The summed E-state index contributed by atoms with van der Waals surface area (Å²) >= 11 is 0. The predicted molar refractivity (Wildman–Crippen MR) is 126 cm³/mol. The molecule has 3 aromatic rings. The minimum absolute atomic E-state index is 0. The smallest absolute Gasteiger partial charge is 0.406 e. The van der Waals surface area contributed by atoms with Crippen LogP contribution in [0.5, 0.6) is 5.75 Å². The van der Waals surface area contributed by atoms with Crippen LogP contribution in [0.3, 0.4) is 0 Å². The molecule has 1 unspecified atom stereocenters. The first kappa shape index (κ1) is 26.2. The van der Waals surface area contributed by atoms with E-state index < -0.39 is 12.4 Å². The number of nitrogens with two attached hydrogens (primary N) is 1. The lowest BCUT2D eigenvalue weighted by Gasteiger charge is -2.27. The molecule has 0 bridgehead atoms. The number of carbonyl (C=O) groups is 1. The van der Waals surface area contributed by atoms with Crippen LogP contribution in [-0.4, -0.2) is 18.8 Å². The maximum Gasteiger partial charge on any atom is 0.573 e. The van der Waals surface area contributed by atoms with E-state index in [1.165, 1.54) is 17.0 Å². The first-order chi connectivity index (χ1) is 15.2. The van der Waals surface area contributed by atoms with Crippen LogP contribution in [0.1, 0.15) is 28.3 Å². The molecule has 0 aliphatic heterocycles. The van der Waals surface area contributed by atoms with Crippen molar-refractivity contribution < 1.29 is 22.7 Å². The van der Waals surface area contributed by atoms with Crippen molar-refractivity contribution in [2.24, 2.45) is 5.73 Å². The highest BCUT2D eigenvalue weighted by Crippen LogP contribution is 2.28. The molecular weight excluding hydrogens is 453 g/mol. The van der Waals surface area contributed by atoms with Gasteiger partial charge in [-0.15, -0.1) is 25.6 Å². The minimum atomic E-state index is -4.80. The number of hydrogen-bond donors (Lipinski definition) is 1. The molecule has 8 heteroatoms. The van der Waals surface area contributed by atoms with E-state index in [0.29, 0.717) is 16.8 Å². The van der Waals surface area contributed by atoms with E-state index in [1.54, 1.807) is 36.4 Å². The van der Waals surface area contributed by atoms with Crippen LogP contribution in [0.15, 0.2) is 72.8 Å². The fourth-order valence-corrected chi connectivity index (χ4v) is 3.40. The molecule has 0 fully saturated rings. The number of hydrogen-bond acceptors (Lipinski definition) is 3. The summed E-state index contributed by atoms with van der Waals surface area (Å²) in [5, 5.41) is 0. The van der Waals surface area contributed by atoms with E-state index in [2.05, 4.69) is 4.74 Å². The molecule has 3 aromatic carbocycles. The standard InChI is InChI=1S/C25H25F3N2O2.ClH/c1-17-12-13-21(16-18(17)2)30(24(31)23(29)20-9-4-3-5-10-20)15-14-19-8-6-7-11-22(19)32-25(26,27)28;/h3-13,16,23H,14-15,29H2,1-2H3;1H. The molecule has 3 rings (SSSR count). The lowest BCUT2D eigenvalue weighted by molar-refractivity contribution is -0.274. The van der Waals surface area contributed by atoms with Crippen molar-refractivity contribution >= 4 is 24.0 Å². The van der Waals surface area contributed by atoms with E-state index in [0.717, 1.165) is 11.1 Å². The van der Waals surface area contributed by atoms with Gasteiger partial charge in [-0.25, -0.2) is 0 Å². The first-order valence-corrected chi connectivity index (χ1v) is 10.2. The van der Waals surface area contributed by atoms with Gasteiger partial charge >= 0.3 is 6.36 Å². The Bertz CT molecular complexity index is 1070. The molecule has 176 valence electrons. The van der Waals surface area contributed by atoms with Gasteiger partial charge in [-0.3, -0.25) is 4.79 Å². The van der Waals surface area contributed by atoms with E-state index >= 15 is 0 Å². The van der Waals surface area contributed by atoms with Gasteiger partial charge in [0.25, 0.3) is 0 Å². The van der Waals surface area contributed by atoms with Crippen LogP contribution < -0.4 is 15.4 Å². The summed E-state index contributed by atoms with van der Waals surface area (Å²) in [5.74, 6) is -0.617. The highest BCUT2D eigenvalue weighted by atomic mass is 35.5. The molecule has 0 saturated carbocycles. The van der Waals surface area contributed by atoms with Crippen LogP contribution in [0, 0.1) is 13.8 Å². The number of ether oxygens (including phenoxy) is 1. The summed E-state index contributed by atoms with van der Waals surface area (Å²) in [6.07, 6.45) is -4.64. The summed E-state index contributed by atoms with van der Waals surface area (Å²) in [6.45, 7) is 4.04. The zero-order valence-electron chi connectivity index (χ0n) is 18.3. The number of halogens is 4. The quantitative estimate of drug-likeness (QED) is 0.460. The van der Waals surface area contributed by atoms with E-state index in [-0.39, 0.29) is 37.0 Å². The molecule has 0 saturated heterocycles. The molecule has 1 atom stereocenters. The van der Waals surface area contributed by atoms with Crippen molar-refractivity contribution in [1.29, 1.82) is 0 Å². The van der Waals surface area contributed by atoms with Gasteiger partial charge in [-0.1, -0.05) is 54.6 Å². The van der Waals surface area contributed by atoms with Gasteiger partial charge in [-0.05, 0) is 60.7 Å². The Morgan fingerprint density at radius 2 is 1.61 bits per heavy atom. The molecule has 0 heterocycles. The average molecular weight is 479 g/mol. The molecule has 4 nitrogen and oxygen atoms in total. The molecule has 2 N–H and O–H groups in total. The second-order valence-electron chi connectivity index (χ2n) is 7.55. The Morgan fingerprint density at radius 3 is 2.24 bits per heavy atom. The molecular formula is C25H26ClF3N2O2. The molecule has 0 radical (unpaired) electrons. The summed E-state index contributed by atoms with van der Waals surface area (Å²) in [7, 11) is 0. The second-order valence-corrected chi connectivity index (χ2v) is 7.55. The number of amides is 1. The van der Waals surface area contributed by atoms with Gasteiger partial charge in [-0.2, -0.15) is 0 Å². The van der Waals surface area contributed by atoms with Gasteiger partial charge in [0.2, 0.25) is 5.91 Å². The minimum Gasteiger partial charge on any atom is -0.406 e. The van der Waals surface area contributed by atoms with E-state index in [1.807, 2.05) is 38.1 Å². The zero-order valence-corrected chi connectivity index (χ0v) is 19.1. The molecule has 1 amide bonds. The largest absolute Gasteiger partial charge is 0.573 e. The third-order valence-corrected chi connectivity index (χ3v) is 5.30. The van der Waals surface area contributed by atoms with E-state index in [9.17, 15) is 18.0 Å². The van der Waals surface area contributed by atoms with Crippen LogP contribution >= 0.6 is 12.4 Å². The van der Waals surface area contributed by atoms with Crippen LogP contribution in [0.25, 0.3) is 0 Å². The lowest BCUT2D eigenvalue weighted by atomic mass is 10.0. The van der Waals surface area contributed by atoms with Crippen molar-refractivity contribution in [2.45, 2.75) is 32.7 Å². The Balaban J connectivity index is 0.00000385. The molecule has 0 aromatic heterocycles. The molecule has 33 heavy (non-hydrogen) atoms. The number of para-hydroxylation sites is 1. The maximum atomic E-state index is 13.4. The summed E-state index contributed by atoms with van der Waals surface area (Å²) in [6, 6.07) is 19.6. The molecule has 0 aliphatic carbocycles. The maximum absolute atomic E-state index is 13.4. The zero-order chi connectivity index (χ0) is 23.3. The van der Waals surface area contributed by atoms with Crippen molar-refractivity contribution in [3.8, 4) is 5.75 Å². The third-order valence-electron chi connectivity index (χ3n) is 5.30. The van der Waals surface area contributed by atoms with Gasteiger partial charge in [0.05, 0.1) is 0 Å². The van der Waals surface area contributed by atoms with Crippen LogP contribution in [0.2, 0.25) is 0 Å². The van der Waals surface area contributed by atoms with Gasteiger partial charge in [0, 0.05) is 12.2 Å². The monoisotopic (exact) mass is 478 g/mol. The van der Waals surface area contributed by atoms with Gasteiger partial charge in [0.1, 0.15) is 11.8 Å². The number of anilines is 1. The van der Waals surface area contributed by atoms with Crippen molar-refractivity contribution in [2.75, 3.05) is 11.4 Å². The summed E-state index contributed by atoms with van der Waals surface area (Å²) in [4.78, 5) is 14.9. The number of alkyl halides is 3. The summed E-state index contributed by atoms with van der Waals surface area (Å²) < 4.78 is 42.5. The topological polar surface area (TPSA) is 55.6 Å². The Morgan fingerprint density at radius 1 is 0.970 bits per heavy atom. The Labute approximate surface area is 197 Å². The van der Waals surface area contributed by atoms with E-state index in [4.69, 9.17) is 5.73 Å². The fourth-order valence-electron chi connectivity index (χ4n) is 3.40. The molecule has 0 spiro atoms. The molecule has 0 aliphatic rings. The first-order valence-electron chi connectivity index (χ1n) is 10.2. The van der Waals surface area contributed by atoms with Crippen molar-refractivity contribution in [1.82, 2.24) is 0 Å². The fraction of sp³-hybridized carbons (Fsp3) is 0.240. The number of benzene rings is 3. The Hall–Kier alpha value is -3.03. The number of rotatable bonds is 7. The highest BCUT2D eigenvalue weighted by molar-refractivity contribution is 5.97. The normalized spacial score (nSPS) is 11.9. The lowest BCUT2D eigenvalue weighted by Crippen LogP contribution is -2.40. The number of nitrogens with zero attached hydrogens (tertiary/aromatic N) is 1. The number of aryl methyl sites for hydroxylation is 2. The highest BCUT2D eigenvalue weighted by Gasteiger charge is 2.32. The SMILES string of the molecule is Cc1ccc(N(CCc2ccccc2OC(F)(F)F)C(=O)C(N)c2ccccc2)cc1C.Cl. The predicted octanol–water partition coefficient (Wildman–Crippen LogP) is 5.90. The van der Waals surface area contributed by atoms with Crippen molar-refractivity contribution in [3.63, 3.8) is 0 Å². The number of carbonyl (C=O) groups excluding carboxylic acids is 1. The summed E-state index contributed by atoms with van der Waals surface area (Å²) in [5.41, 5.74) is 9.97. The average Bonchev–Trinajstić information content (AvgIpc) is 2.76. The van der Waals surface area contributed by atoms with Crippen molar-refractivity contribution in [3.05, 3.63) is 95.1 Å². The van der Waals surface area contributed by atoms with Crippen LogP contribution in [0.4, 0.5) is 18.9 Å². The Kier molecular flexibility index (Phi) is 8.91. The second kappa shape index (κ2) is 11.2. The van der Waals surface area contributed by atoms with Crippen LogP contribution in [-0.2, 0) is 11.2 Å². The van der Waals surface area contributed by atoms with Gasteiger partial charge in [0.15, 0.2) is 0 Å². The third kappa shape index (κ3) is 6.97.